The second kappa shape index (κ2) is 6.39. The number of likely N-dealkylation sites (tertiary alicyclic amines) is 1. The lowest BCUT2D eigenvalue weighted by atomic mass is 9.94. The van der Waals surface area contributed by atoms with Crippen LogP contribution in [-0.2, 0) is 4.79 Å². The van der Waals surface area contributed by atoms with E-state index in [1.165, 1.54) is 38.5 Å². The zero-order valence-electron chi connectivity index (χ0n) is 10.9. The van der Waals surface area contributed by atoms with Crippen LogP contribution in [0, 0.1) is 11.8 Å². The highest BCUT2D eigenvalue weighted by Gasteiger charge is 2.34. The molecule has 98 valence electrons. The molecule has 1 saturated heterocycles. The van der Waals surface area contributed by atoms with Crippen molar-refractivity contribution in [1.29, 1.82) is 0 Å². The second-order valence-corrected chi connectivity index (χ2v) is 5.63. The minimum Gasteiger partial charge on any atom is -0.342 e. The number of nitrogens with two attached hydrogens (primary N) is 1. The first-order valence-corrected chi connectivity index (χ1v) is 7.32. The van der Waals surface area contributed by atoms with Crippen molar-refractivity contribution in [2.45, 2.75) is 51.4 Å². The molecule has 17 heavy (non-hydrogen) atoms. The summed E-state index contributed by atoms with van der Waals surface area (Å²) in [5.74, 6) is 1.09. The first-order chi connectivity index (χ1) is 8.33. The highest BCUT2D eigenvalue weighted by molar-refractivity contribution is 5.79. The highest BCUT2D eigenvalue weighted by Crippen LogP contribution is 2.32. The molecule has 0 aromatic rings. The van der Waals surface area contributed by atoms with Gasteiger partial charge in [-0.15, -0.1) is 0 Å². The van der Waals surface area contributed by atoms with Crippen molar-refractivity contribution in [2.24, 2.45) is 17.6 Å². The van der Waals surface area contributed by atoms with Gasteiger partial charge in [0.2, 0.25) is 5.91 Å². The number of rotatable bonds is 2. The van der Waals surface area contributed by atoms with E-state index < -0.39 is 0 Å². The number of hydrogen-bond acceptors (Lipinski definition) is 2. The number of nitrogens with zero attached hydrogens (tertiary/aromatic N) is 1. The standard InChI is InChI=1S/C14H26N2O/c15-11-12-7-6-8-13(12)14(17)16-9-4-2-1-3-5-10-16/h12-13H,1-11,15H2. The molecule has 2 rings (SSSR count). The van der Waals surface area contributed by atoms with Crippen LogP contribution in [0.3, 0.4) is 0 Å². The molecule has 0 spiro atoms. The Morgan fingerprint density at radius 3 is 2.29 bits per heavy atom. The lowest BCUT2D eigenvalue weighted by molar-refractivity contribution is -0.137. The summed E-state index contributed by atoms with van der Waals surface area (Å²) in [4.78, 5) is 14.6. The first kappa shape index (κ1) is 12.9. The van der Waals surface area contributed by atoms with Crippen molar-refractivity contribution in [1.82, 2.24) is 4.90 Å². The molecular weight excluding hydrogens is 212 g/mol. The van der Waals surface area contributed by atoms with Crippen LogP contribution in [0.15, 0.2) is 0 Å². The summed E-state index contributed by atoms with van der Waals surface area (Å²) in [5.41, 5.74) is 5.78. The van der Waals surface area contributed by atoms with E-state index in [-0.39, 0.29) is 5.92 Å². The fourth-order valence-electron chi connectivity index (χ4n) is 3.35. The van der Waals surface area contributed by atoms with Crippen LogP contribution in [0.2, 0.25) is 0 Å². The topological polar surface area (TPSA) is 46.3 Å². The molecule has 2 atom stereocenters. The number of carbonyl (C=O) groups excluding carboxylic acids is 1. The van der Waals surface area contributed by atoms with Crippen molar-refractivity contribution in [2.75, 3.05) is 19.6 Å². The van der Waals surface area contributed by atoms with Gasteiger partial charge in [-0.1, -0.05) is 25.7 Å². The quantitative estimate of drug-likeness (QED) is 0.801. The summed E-state index contributed by atoms with van der Waals surface area (Å²) < 4.78 is 0. The number of amides is 1. The predicted molar refractivity (Wildman–Crippen MR) is 69.6 cm³/mol. The average molecular weight is 238 g/mol. The van der Waals surface area contributed by atoms with Crippen molar-refractivity contribution in [3.8, 4) is 0 Å². The maximum absolute atomic E-state index is 12.5. The van der Waals surface area contributed by atoms with Crippen LogP contribution in [0.1, 0.15) is 51.4 Å². The van der Waals surface area contributed by atoms with Gasteiger partial charge < -0.3 is 10.6 Å². The van der Waals surface area contributed by atoms with Gasteiger partial charge >= 0.3 is 0 Å². The molecule has 1 aliphatic carbocycles. The van der Waals surface area contributed by atoms with E-state index in [9.17, 15) is 4.79 Å². The smallest absolute Gasteiger partial charge is 0.226 e. The van der Waals surface area contributed by atoms with Gasteiger partial charge in [0, 0.05) is 19.0 Å². The van der Waals surface area contributed by atoms with Crippen molar-refractivity contribution >= 4 is 5.91 Å². The van der Waals surface area contributed by atoms with Gasteiger partial charge in [-0.25, -0.2) is 0 Å². The maximum Gasteiger partial charge on any atom is 0.226 e. The molecule has 2 aliphatic rings. The molecule has 2 unspecified atom stereocenters. The van der Waals surface area contributed by atoms with Crippen molar-refractivity contribution < 1.29 is 4.79 Å². The van der Waals surface area contributed by atoms with Crippen LogP contribution in [0.4, 0.5) is 0 Å². The Labute approximate surface area is 105 Å². The lowest BCUT2D eigenvalue weighted by Gasteiger charge is -2.29. The summed E-state index contributed by atoms with van der Waals surface area (Å²) in [7, 11) is 0. The fourth-order valence-corrected chi connectivity index (χ4v) is 3.35. The molecule has 0 bridgehead atoms. The fraction of sp³-hybridized carbons (Fsp3) is 0.929. The molecule has 3 nitrogen and oxygen atoms in total. The minimum absolute atomic E-state index is 0.236. The van der Waals surface area contributed by atoms with Crippen LogP contribution in [0.5, 0.6) is 0 Å². The Kier molecular flexibility index (Phi) is 4.84. The SMILES string of the molecule is NCC1CCCC1C(=O)N1CCCCCCC1. The highest BCUT2D eigenvalue weighted by atomic mass is 16.2. The predicted octanol–water partition coefficient (Wildman–Crippen LogP) is 2.15. The summed E-state index contributed by atoms with van der Waals surface area (Å²) in [5, 5.41) is 0. The molecule has 1 amide bonds. The van der Waals surface area contributed by atoms with Crippen molar-refractivity contribution in [3.05, 3.63) is 0 Å². The van der Waals surface area contributed by atoms with E-state index in [0.717, 1.165) is 25.9 Å². The van der Waals surface area contributed by atoms with Crippen LogP contribution in [0.25, 0.3) is 0 Å². The van der Waals surface area contributed by atoms with Gasteiger partial charge in [-0.05, 0) is 38.1 Å². The van der Waals surface area contributed by atoms with Crippen molar-refractivity contribution in [3.63, 3.8) is 0 Å². The molecule has 2 N–H and O–H groups in total. The third-order valence-corrected chi connectivity index (χ3v) is 4.45. The molecule has 2 fully saturated rings. The Balaban J connectivity index is 1.92. The van der Waals surface area contributed by atoms with E-state index in [2.05, 4.69) is 4.90 Å². The normalized spacial score (nSPS) is 31.0. The maximum atomic E-state index is 12.5. The molecule has 0 radical (unpaired) electrons. The monoisotopic (exact) mass is 238 g/mol. The Bertz CT molecular complexity index is 247. The molecule has 0 aromatic carbocycles. The van der Waals surface area contributed by atoms with E-state index in [4.69, 9.17) is 5.73 Å². The van der Waals surface area contributed by atoms with E-state index >= 15 is 0 Å². The summed E-state index contributed by atoms with van der Waals surface area (Å²) in [6, 6.07) is 0. The van der Waals surface area contributed by atoms with Gasteiger partial charge in [-0.3, -0.25) is 4.79 Å². The zero-order valence-corrected chi connectivity index (χ0v) is 10.9. The van der Waals surface area contributed by atoms with Gasteiger partial charge in [0.15, 0.2) is 0 Å². The molecular formula is C14H26N2O. The molecule has 1 heterocycles. The third kappa shape index (κ3) is 3.21. The molecule has 1 saturated carbocycles. The van der Waals surface area contributed by atoms with Crippen LogP contribution in [-0.4, -0.2) is 30.4 Å². The number of carbonyl (C=O) groups is 1. The minimum atomic E-state index is 0.236. The van der Waals surface area contributed by atoms with Gasteiger partial charge in [0.1, 0.15) is 0 Å². The zero-order chi connectivity index (χ0) is 12.1. The van der Waals surface area contributed by atoms with Crippen LogP contribution < -0.4 is 5.73 Å². The average Bonchev–Trinajstić information content (AvgIpc) is 2.75. The Hall–Kier alpha value is -0.570. The second-order valence-electron chi connectivity index (χ2n) is 5.63. The Morgan fingerprint density at radius 1 is 1.00 bits per heavy atom. The van der Waals surface area contributed by atoms with Crippen LogP contribution >= 0.6 is 0 Å². The summed E-state index contributed by atoms with van der Waals surface area (Å²) in [6.07, 6.45) is 9.70. The van der Waals surface area contributed by atoms with Gasteiger partial charge in [0.25, 0.3) is 0 Å². The van der Waals surface area contributed by atoms with E-state index in [1.807, 2.05) is 0 Å². The summed E-state index contributed by atoms with van der Waals surface area (Å²) in [6.45, 7) is 2.64. The third-order valence-electron chi connectivity index (χ3n) is 4.45. The van der Waals surface area contributed by atoms with Gasteiger partial charge in [-0.2, -0.15) is 0 Å². The van der Waals surface area contributed by atoms with Gasteiger partial charge in [0.05, 0.1) is 0 Å². The molecule has 3 heteroatoms. The number of hydrogen-bond donors (Lipinski definition) is 1. The van der Waals surface area contributed by atoms with E-state index in [1.54, 1.807) is 0 Å². The summed E-state index contributed by atoms with van der Waals surface area (Å²) >= 11 is 0. The van der Waals surface area contributed by atoms with E-state index in [0.29, 0.717) is 18.4 Å². The molecule has 1 aliphatic heterocycles. The molecule has 0 aromatic heterocycles. The largest absolute Gasteiger partial charge is 0.342 e. The Morgan fingerprint density at radius 2 is 1.65 bits per heavy atom. The first-order valence-electron chi connectivity index (χ1n) is 7.32. The lowest BCUT2D eigenvalue weighted by Crippen LogP contribution is -2.40.